The first-order valence-electron chi connectivity index (χ1n) is 6.94. The standard InChI is InChI=1S/C14H24N2O2/c1-8(2)11-12(17)16(9(3)4)14(5,10-6-7-10)13(18)15-11/h8-11H,6-7H2,1-5H3,(H,15,18). The third-order valence-electron chi connectivity index (χ3n) is 4.31. The Kier molecular flexibility index (Phi) is 3.16. The minimum Gasteiger partial charge on any atom is -0.342 e. The molecule has 2 atom stereocenters. The maximum Gasteiger partial charge on any atom is 0.246 e. The van der Waals surface area contributed by atoms with Crippen LogP contribution in [0.25, 0.3) is 0 Å². The summed E-state index contributed by atoms with van der Waals surface area (Å²) >= 11 is 0. The zero-order valence-corrected chi connectivity index (χ0v) is 12.0. The molecule has 2 aliphatic rings. The molecule has 2 rings (SSSR count). The Morgan fingerprint density at radius 3 is 2.17 bits per heavy atom. The van der Waals surface area contributed by atoms with E-state index in [1.54, 1.807) is 0 Å². The molecule has 0 radical (unpaired) electrons. The second kappa shape index (κ2) is 4.25. The van der Waals surface area contributed by atoms with Gasteiger partial charge in [0, 0.05) is 6.04 Å². The SMILES string of the molecule is CC(C)C1NC(=O)C(C)(C2CC2)N(C(C)C)C1=O. The van der Waals surface area contributed by atoms with Crippen molar-refractivity contribution in [1.29, 1.82) is 0 Å². The minimum atomic E-state index is -0.642. The molecule has 0 aromatic carbocycles. The highest BCUT2D eigenvalue weighted by atomic mass is 16.2. The summed E-state index contributed by atoms with van der Waals surface area (Å²) in [5.41, 5.74) is -0.642. The fourth-order valence-electron chi connectivity index (χ4n) is 3.11. The van der Waals surface area contributed by atoms with Crippen molar-refractivity contribution in [3.63, 3.8) is 0 Å². The smallest absolute Gasteiger partial charge is 0.246 e. The third kappa shape index (κ3) is 1.82. The molecule has 1 saturated carbocycles. The average molecular weight is 252 g/mol. The molecule has 18 heavy (non-hydrogen) atoms. The van der Waals surface area contributed by atoms with Gasteiger partial charge in [0.05, 0.1) is 0 Å². The molecule has 1 aliphatic carbocycles. The summed E-state index contributed by atoms with van der Waals surface area (Å²) in [6, 6.07) is -0.304. The Labute approximate surface area is 109 Å². The predicted octanol–water partition coefficient (Wildman–Crippen LogP) is 1.55. The van der Waals surface area contributed by atoms with Gasteiger partial charge in [-0.1, -0.05) is 13.8 Å². The van der Waals surface area contributed by atoms with Crippen LogP contribution in [0.5, 0.6) is 0 Å². The lowest BCUT2D eigenvalue weighted by Gasteiger charge is -2.49. The molecular formula is C14H24N2O2. The second-order valence-corrected chi connectivity index (χ2v) is 6.42. The van der Waals surface area contributed by atoms with Crippen LogP contribution in [-0.2, 0) is 9.59 Å². The number of nitrogens with zero attached hydrogens (tertiary/aromatic N) is 1. The van der Waals surface area contributed by atoms with Gasteiger partial charge in [-0.05, 0) is 45.4 Å². The number of nitrogens with one attached hydrogen (secondary N) is 1. The van der Waals surface area contributed by atoms with Crippen molar-refractivity contribution in [3.05, 3.63) is 0 Å². The number of hydrogen-bond acceptors (Lipinski definition) is 2. The van der Waals surface area contributed by atoms with Crippen molar-refractivity contribution in [3.8, 4) is 0 Å². The van der Waals surface area contributed by atoms with Gasteiger partial charge >= 0.3 is 0 Å². The van der Waals surface area contributed by atoms with Crippen molar-refractivity contribution >= 4 is 11.8 Å². The molecule has 102 valence electrons. The van der Waals surface area contributed by atoms with E-state index in [9.17, 15) is 9.59 Å². The van der Waals surface area contributed by atoms with Gasteiger partial charge in [0.25, 0.3) is 0 Å². The fourth-order valence-corrected chi connectivity index (χ4v) is 3.11. The quantitative estimate of drug-likeness (QED) is 0.828. The summed E-state index contributed by atoms with van der Waals surface area (Å²) in [6.07, 6.45) is 2.10. The number of carbonyl (C=O) groups is 2. The van der Waals surface area contributed by atoms with Crippen molar-refractivity contribution in [2.45, 2.75) is 65.1 Å². The van der Waals surface area contributed by atoms with Gasteiger partial charge in [-0.3, -0.25) is 9.59 Å². The van der Waals surface area contributed by atoms with E-state index < -0.39 is 5.54 Å². The zero-order chi connectivity index (χ0) is 13.7. The third-order valence-corrected chi connectivity index (χ3v) is 4.31. The molecule has 2 unspecified atom stereocenters. The van der Waals surface area contributed by atoms with Crippen molar-refractivity contribution in [1.82, 2.24) is 10.2 Å². The summed E-state index contributed by atoms with van der Waals surface area (Å²) in [5.74, 6) is 0.564. The largest absolute Gasteiger partial charge is 0.342 e. The molecule has 2 fully saturated rings. The Balaban J connectivity index is 2.37. The maximum atomic E-state index is 12.6. The molecule has 2 amide bonds. The zero-order valence-electron chi connectivity index (χ0n) is 12.0. The molecule has 4 heteroatoms. The van der Waals surface area contributed by atoms with Crippen molar-refractivity contribution < 1.29 is 9.59 Å². The van der Waals surface area contributed by atoms with Gasteiger partial charge in [-0.2, -0.15) is 0 Å². The molecule has 1 saturated heterocycles. The van der Waals surface area contributed by atoms with Crippen LogP contribution < -0.4 is 5.32 Å². The van der Waals surface area contributed by atoms with Crippen LogP contribution >= 0.6 is 0 Å². The van der Waals surface area contributed by atoms with Crippen molar-refractivity contribution in [2.24, 2.45) is 11.8 Å². The molecular weight excluding hydrogens is 228 g/mol. The number of piperazine rings is 1. The average Bonchev–Trinajstić information content (AvgIpc) is 3.06. The van der Waals surface area contributed by atoms with E-state index in [1.165, 1.54) is 0 Å². The van der Waals surface area contributed by atoms with Gasteiger partial charge in [-0.25, -0.2) is 0 Å². The van der Waals surface area contributed by atoms with Gasteiger partial charge < -0.3 is 10.2 Å². The van der Waals surface area contributed by atoms with E-state index in [0.29, 0.717) is 5.92 Å². The Hall–Kier alpha value is -1.06. The minimum absolute atomic E-state index is 0.0250. The Morgan fingerprint density at radius 1 is 1.22 bits per heavy atom. The molecule has 1 heterocycles. The maximum absolute atomic E-state index is 12.6. The summed E-state index contributed by atoms with van der Waals surface area (Å²) in [4.78, 5) is 26.9. The van der Waals surface area contributed by atoms with Crippen LogP contribution in [0.1, 0.15) is 47.5 Å². The second-order valence-electron chi connectivity index (χ2n) is 6.42. The highest BCUT2D eigenvalue weighted by Gasteiger charge is 2.57. The number of rotatable bonds is 3. The number of hydrogen-bond donors (Lipinski definition) is 1. The van der Waals surface area contributed by atoms with Crippen LogP contribution in [0.4, 0.5) is 0 Å². The highest BCUT2D eigenvalue weighted by molar-refractivity contribution is 6.00. The predicted molar refractivity (Wildman–Crippen MR) is 69.9 cm³/mol. The molecule has 0 bridgehead atoms. The first-order valence-corrected chi connectivity index (χ1v) is 6.94. The summed E-state index contributed by atoms with van der Waals surface area (Å²) < 4.78 is 0. The lowest BCUT2D eigenvalue weighted by molar-refractivity contribution is -0.162. The first kappa shape index (κ1) is 13.4. The van der Waals surface area contributed by atoms with E-state index >= 15 is 0 Å². The molecule has 0 aromatic heterocycles. The Morgan fingerprint density at radius 2 is 1.78 bits per heavy atom. The van der Waals surface area contributed by atoms with E-state index in [1.807, 2.05) is 39.5 Å². The Bertz CT molecular complexity index is 374. The molecule has 1 aliphatic heterocycles. The summed E-state index contributed by atoms with van der Waals surface area (Å²) in [7, 11) is 0. The summed E-state index contributed by atoms with van der Waals surface area (Å²) in [6.45, 7) is 9.86. The van der Waals surface area contributed by atoms with E-state index in [-0.39, 0.29) is 29.8 Å². The van der Waals surface area contributed by atoms with Gasteiger partial charge in [0.15, 0.2) is 0 Å². The molecule has 4 nitrogen and oxygen atoms in total. The lowest BCUT2D eigenvalue weighted by atomic mass is 9.85. The van der Waals surface area contributed by atoms with Gasteiger partial charge in [-0.15, -0.1) is 0 Å². The van der Waals surface area contributed by atoms with Crippen LogP contribution in [0.2, 0.25) is 0 Å². The van der Waals surface area contributed by atoms with Crippen LogP contribution in [0, 0.1) is 11.8 Å². The molecule has 1 N–H and O–H groups in total. The monoisotopic (exact) mass is 252 g/mol. The van der Waals surface area contributed by atoms with Crippen LogP contribution in [-0.4, -0.2) is 34.3 Å². The van der Waals surface area contributed by atoms with E-state index in [4.69, 9.17) is 0 Å². The van der Waals surface area contributed by atoms with Gasteiger partial charge in [0.2, 0.25) is 11.8 Å². The first-order chi connectivity index (χ1) is 8.30. The highest BCUT2D eigenvalue weighted by Crippen LogP contribution is 2.45. The van der Waals surface area contributed by atoms with Crippen LogP contribution in [0.15, 0.2) is 0 Å². The fraction of sp³-hybridized carbons (Fsp3) is 0.857. The van der Waals surface area contributed by atoms with Crippen molar-refractivity contribution in [2.75, 3.05) is 0 Å². The number of amides is 2. The normalized spacial score (nSPS) is 33.3. The summed E-state index contributed by atoms with van der Waals surface area (Å²) in [5, 5.41) is 2.93. The van der Waals surface area contributed by atoms with E-state index in [0.717, 1.165) is 12.8 Å². The lowest BCUT2D eigenvalue weighted by Crippen LogP contribution is -2.72. The molecule has 0 aromatic rings. The van der Waals surface area contributed by atoms with E-state index in [2.05, 4.69) is 5.32 Å². The van der Waals surface area contributed by atoms with Crippen LogP contribution in [0.3, 0.4) is 0 Å². The molecule has 0 spiro atoms. The number of carbonyl (C=O) groups excluding carboxylic acids is 2. The topological polar surface area (TPSA) is 49.4 Å². The van der Waals surface area contributed by atoms with Gasteiger partial charge in [0.1, 0.15) is 11.6 Å².